The molecule has 62 valence electrons. The Balaban J connectivity index is 2.15. The molecule has 1 nitrogen and oxygen atoms in total. The summed E-state index contributed by atoms with van der Waals surface area (Å²) in [7, 11) is 0. The Morgan fingerprint density at radius 1 is 1.50 bits per heavy atom. The van der Waals surface area contributed by atoms with E-state index in [4.69, 9.17) is 1.37 Å². The third kappa shape index (κ3) is 1.22. The van der Waals surface area contributed by atoms with Crippen LogP contribution in [0.3, 0.4) is 0 Å². The van der Waals surface area contributed by atoms with E-state index in [-0.39, 0.29) is 12.6 Å². The number of benzene rings is 1. The van der Waals surface area contributed by atoms with Crippen molar-refractivity contribution in [1.82, 2.24) is 4.90 Å². The van der Waals surface area contributed by atoms with E-state index in [1.165, 1.54) is 5.56 Å². The highest BCUT2D eigenvalue weighted by Crippen LogP contribution is 2.32. The normalized spacial score (nSPS) is 25.1. The van der Waals surface area contributed by atoms with Crippen LogP contribution in [0.2, 0.25) is 0 Å². The second-order valence-electron chi connectivity index (χ2n) is 3.11. The largest absolute Gasteiger partial charge is 0.361 e. The summed E-state index contributed by atoms with van der Waals surface area (Å²) >= 11 is 0. The Morgan fingerprint density at radius 3 is 2.58 bits per heavy atom. The van der Waals surface area contributed by atoms with Crippen LogP contribution in [0.5, 0.6) is 0 Å². The fourth-order valence-corrected chi connectivity index (χ4v) is 1.38. The Hall–Kier alpha value is -1.24. The maximum Gasteiger partial charge on any atom is 0.0576 e. The summed E-state index contributed by atoms with van der Waals surface area (Å²) in [5, 5.41) is 0. The molecule has 0 spiro atoms. The minimum atomic E-state index is -0.185. The van der Waals surface area contributed by atoms with Gasteiger partial charge in [0.15, 0.2) is 0 Å². The van der Waals surface area contributed by atoms with Crippen molar-refractivity contribution in [3.63, 3.8) is 0 Å². The number of nitrogens with zero attached hydrogens (tertiary/aromatic N) is 1. The highest BCUT2D eigenvalue weighted by Gasteiger charge is 2.28. The molecule has 1 aromatic rings. The zero-order valence-corrected chi connectivity index (χ0v) is 7.20. The fraction of sp³-hybridized carbons (Fsp3) is 0.273. The van der Waals surface area contributed by atoms with Crippen LogP contribution in [0.15, 0.2) is 42.6 Å². The van der Waals surface area contributed by atoms with Crippen LogP contribution >= 0.6 is 0 Å². The van der Waals surface area contributed by atoms with Gasteiger partial charge in [0.1, 0.15) is 0 Å². The van der Waals surface area contributed by atoms with Crippen molar-refractivity contribution in [1.29, 1.82) is 0 Å². The lowest BCUT2D eigenvalue weighted by Crippen LogP contribution is -2.03. The smallest absolute Gasteiger partial charge is 0.0576 e. The Morgan fingerprint density at radius 2 is 2.08 bits per heavy atom. The number of hydrogen-bond acceptors (Lipinski definition) is 1. The summed E-state index contributed by atoms with van der Waals surface area (Å²) in [6, 6.07) is 10.5. The molecule has 0 aliphatic carbocycles. The van der Waals surface area contributed by atoms with Gasteiger partial charge in [-0.3, -0.25) is 0 Å². The molecule has 0 radical (unpaired) electrons. The molecule has 0 saturated carbocycles. The highest BCUT2D eigenvalue weighted by atomic mass is 15.3. The van der Waals surface area contributed by atoms with Gasteiger partial charge in [0.25, 0.3) is 0 Å². The van der Waals surface area contributed by atoms with Gasteiger partial charge < -0.3 is 4.90 Å². The van der Waals surface area contributed by atoms with E-state index in [2.05, 4.69) is 25.6 Å². The molecular weight excluding hydrogens is 146 g/mol. The third-order valence-corrected chi connectivity index (χ3v) is 2.25. The Kier molecular flexibility index (Phi) is 1.40. The first-order chi connectivity index (χ1) is 6.22. The third-order valence-electron chi connectivity index (χ3n) is 2.25. The SMILES string of the molecule is [2H]C1C(=C)N1[C@@H](C)c1ccccc1. The van der Waals surface area contributed by atoms with E-state index in [9.17, 15) is 0 Å². The molecule has 1 aliphatic rings. The van der Waals surface area contributed by atoms with E-state index in [1.807, 2.05) is 23.1 Å². The zero-order valence-electron chi connectivity index (χ0n) is 8.20. The molecule has 1 aromatic carbocycles. The van der Waals surface area contributed by atoms with Gasteiger partial charge in [0.05, 0.1) is 13.9 Å². The molecule has 0 amide bonds. The van der Waals surface area contributed by atoms with Crippen LogP contribution in [0.4, 0.5) is 0 Å². The van der Waals surface area contributed by atoms with Crippen molar-refractivity contribution < 1.29 is 1.37 Å². The molecule has 12 heavy (non-hydrogen) atoms. The minimum Gasteiger partial charge on any atom is -0.361 e. The van der Waals surface area contributed by atoms with Crippen LogP contribution in [-0.4, -0.2) is 11.4 Å². The van der Waals surface area contributed by atoms with Crippen LogP contribution in [0.1, 0.15) is 19.9 Å². The van der Waals surface area contributed by atoms with Gasteiger partial charge in [-0.15, -0.1) is 0 Å². The van der Waals surface area contributed by atoms with E-state index in [1.54, 1.807) is 0 Å². The molecule has 1 unspecified atom stereocenters. The first-order valence-corrected chi connectivity index (χ1v) is 4.16. The van der Waals surface area contributed by atoms with E-state index < -0.39 is 0 Å². The van der Waals surface area contributed by atoms with Gasteiger partial charge in [-0.25, -0.2) is 0 Å². The predicted molar refractivity (Wildman–Crippen MR) is 50.7 cm³/mol. The monoisotopic (exact) mass is 160 g/mol. The molecule has 2 atom stereocenters. The van der Waals surface area contributed by atoms with Crippen molar-refractivity contribution in [3.8, 4) is 0 Å². The maximum atomic E-state index is 7.56. The minimum absolute atomic E-state index is 0.185. The van der Waals surface area contributed by atoms with Crippen molar-refractivity contribution >= 4 is 0 Å². The molecule has 0 bridgehead atoms. The van der Waals surface area contributed by atoms with Gasteiger partial charge >= 0.3 is 0 Å². The summed E-state index contributed by atoms with van der Waals surface area (Å²) in [6.07, 6.45) is 0. The van der Waals surface area contributed by atoms with Crippen molar-refractivity contribution in [2.24, 2.45) is 0 Å². The average Bonchev–Trinajstić information content (AvgIpc) is 2.75. The lowest BCUT2D eigenvalue weighted by Gasteiger charge is -2.12. The molecule has 1 heterocycles. The first-order valence-electron chi connectivity index (χ1n) is 4.74. The summed E-state index contributed by atoms with van der Waals surface area (Å²) in [4.78, 5) is 2.01. The quantitative estimate of drug-likeness (QED) is 0.601. The van der Waals surface area contributed by atoms with Crippen LogP contribution < -0.4 is 0 Å². The second kappa shape index (κ2) is 2.67. The molecular formula is C11H13N. The average molecular weight is 160 g/mol. The zero-order chi connectivity index (χ0) is 9.42. The molecule has 1 heteroatoms. The Bertz CT molecular complexity index is 320. The van der Waals surface area contributed by atoms with Gasteiger partial charge in [-0.05, 0) is 12.5 Å². The Labute approximate surface area is 74.7 Å². The first kappa shape index (κ1) is 6.30. The standard InChI is InChI=1S/C11H13N/c1-9-8-12(9)10(2)11-6-4-3-5-7-11/h3-7,10H,1,8H2,2H3/t10-,12?/m0/s1/i8D/t8?,10-,12?. The summed E-state index contributed by atoms with van der Waals surface area (Å²) < 4.78 is 7.56. The van der Waals surface area contributed by atoms with Crippen LogP contribution in [0.25, 0.3) is 0 Å². The predicted octanol–water partition coefficient (Wildman–Crippen LogP) is 2.58. The second-order valence-corrected chi connectivity index (χ2v) is 3.11. The van der Waals surface area contributed by atoms with Crippen molar-refractivity contribution in [3.05, 3.63) is 48.2 Å². The molecule has 0 aromatic heterocycles. The number of hydrogen-bond donors (Lipinski definition) is 0. The van der Waals surface area contributed by atoms with E-state index in [0.29, 0.717) is 0 Å². The summed E-state index contributed by atoms with van der Waals surface area (Å²) in [5.41, 5.74) is 2.18. The summed E-state index contributed by atoms with van der Waals surface area (Å²) in [6.45, 7) is 5.74. The van der Waals surface area contributed by atoms with Gasteiger partial charge in [0, 0.05) is 5.70 Å². The maximum absolute atomic E-state index is 7.56. The lowest BCUT2D eigenvalue weighted by atomic mass is 10.1. The molecule has 1 fully saturated rings. The van der Waals surface area contributed by atoms with E-state index >= 15 is 0 Å². The van der Waals surface area contributed by atoms with Crippen LogP contribution in [-0.2, 0) is 0 Å². The van der Waals surface area contributed by atoms with Crippen LogP contribution in [0, 0.1) is 0 Å². The molecule has 1 saturated heterocycles. The van der Waals surface area contributed by atoms with Crippen molar-refractivity contribution in [2.75, 3.05) is 6.52 Å². The van der Waals surface area contributed by atoms with Gasteiger partial charge in [-0.2, -0.15) is 0 Å². The van der Waals surface area contributed by atoms with Gasteiger partial charge in [-0.1, -0.05) is 36.9 Å². The van der Waals surface area contributed by atoms with Gasteiger partial charge in [0.2, 0.25) is 0 Å². The molecule has 0 N–H and O–H groups in total. The lowest BCUT2D eigenvalue weighted by molar-refractivity contribution is 0.464. The van der Waals surface area contributed by atoms with Crippen molar-refractivity contribution in [2.45, 2.75) is 13.0 Å². The van der Waals surface area contributed by atoms with E-state index in [0.717, 1.165) is 5.70 Å². The fourth-order valence-electron chi connectivity index (χ4n) is 1.38. The molecule has 2 rings (SSSR count). The number of rotatable bonds is 2. The summed E-state index contributed by atoms with van der Waals surface area (Å²) in [5.74, 6) is 0. The topological polar surface area (TPSA) is 3.01 Å². The highest BCUT2D eigenvalue weighted by molar-refractivity contribution is 5.25. The molecule has 1 aliphatic heterocycles.